The standard InChI is InChI=1S/C16H25N5O2/c1-11(2)8-20-16(18-3)21-9-12-4-6-13(7-5-12)15(23)19-10-14(17)22/h4-7,11H,8-10H2,1-3H3,(H2,17,22)(H,19,23)(H2,18,20,21). The third kappa shape index (κ3) is 7.30. The Morgan fingerprint density at radius 1 is 1.13 bits per heavy atom. The quantitative estimate of drug-likeness (QED) is 0.426. The molecular formula is C16H25N5O2. The van der Waals surface area contributed by atoms with Gasteiger partial charge >= 0.3 is 0 Å². The minimum atomic E-state index is -0.570. The normalized spacial score (nSPS) is 11.2. The molecule has 0 heterocycles. The van der Waals surface area contributed by atoms with Gasteiger partial charge in [0, 0.05) is 25.7 Å². The summed E-state index contributed by atoms with van der Waals surface area (Å²) in [7, 11) is 1.72. The lowest BCUT2D eigenvalue weighted by Gasteiger charge is -2.13. The molecule has 0 fully saturated rings. The van der Waals surface area contributed by atoms with Gasteiger partial charge in [0.05, 0.1) is 6.54 Å². The molecule has 0 bridgehead atoms. The molecule has 0 radical (unpaired) electrons. The number of amides is 2. The van der Waals surface area contributed by atoms with Crippen LogP contribution >= 0.6 is 0 Å². The molecule has 0 unspecified atom stereocenters. The van der Waals surface area contributed by atoms with Gasteiger partial charge in [0.25, 0.3) is 5.91 Å². The van der Waals surface area contributed by atoms with Gasteiger partial charge in [0.15, 0.2) is 5.96 Å². The Labute approximate surface area is 136 Å². The number of primary amides is 1. The molecule has 1 aromatic carbocycles. The number of nitrogens with zero attached hydrogens (tertiary/aromatic N) is 1. The summed E-state index contributed by atoms with van der Waals surface area (Å²) in [5.74, 6) is 0.380. The maximum Gasteiger partial charge on any atom is 0.251 e. The molecule has 0 spiro atoms. The van der Waals surface area contributed by atoms with Gasteiger partial charge in [-0.25, -0.2) is 0 Å². The predicted molar refractivity (Wildman–Crippen MR) is 91.0 cm³/mol. The van der Waals surface area contributed by atoms with Crippen molar-refractivity contribution < 1.29 is 9.59 Å². The first-order chi connectivity index (χ1) is 10.9. The molecule has 5 N–H and O–H groups in total. The van der Waals surface area contributed by atoms with E-state index in [1.54, 1.807) is 19.2 Å². The number of aliphatic imine (C=N–C) groups is 1. The van der Waals surface area contributed by atoms with E-state index in [1.807, 2.05) is 12.1 Å². The zero-order valence-corrected chi connectivity index (χ0v) is 13.8. The number of hydrogen-bond acceptors (Lipinski definition) is 3. The van der Waals surface area contributed by atoms with E-state index in [0.717, 1.165) is 18.1 Å². The molecule has 7 heteroatoms. The van der Waals surface area contributed by atoms with E-state index in [0.29, 0.717) is 18.0 Å². The van der Waals surface area contributed by atoms with Gasteiger partial charge < -0.3 is 21.7 Å². The van der Waals surface area contributed by atoms with Crippen molar-refractivity contribution >= 4 is 17.8 Å². The molecule has 7 nitrogen and oxygen atoms in total. The number of benzene rings is 1. The summed E-state index contributed by atoms with van der Waals surface area (Å²) in [6, 6.07) is 7.11. The summed E-state index contributed by atoms with van der Waals surface area (Å²) in [6.45, 7) is 5.53. The lowest BCUT2D eigenvalue weighted by Crippen LogP contribution is -2.38. The van der Waals surface area contributed by atoms with Crippen LogP contribution in [0, 0.1) is 5.92 Å². The number of carbonyl (C=O) groups is 2. The Hall–Kier alpha value is -2.57. The lowest BCUT2D eigenvalue weighted by molar-refractivity contribution is -0.117. The molecule has 1 aromatic rings. The van der Waals surface area contributed by atoms with Crippen molar-refractivity contribution in [1.82, 2.24) is 16.0 Å². The fraction of sp³-hybridized carbons (Fsp3) is 0.438. The van der Waals surface area contributed by atoms with Gasteiger partial charge in [0.2, 0.25) is 5.91 Å². The number of hydrogen-bond donors (Lipinski definition) is 4. The van der Waals surface area contributed by atoms with Crippen LogP contribution < -0.4 is 21.7 Å². The molecule has 1 rings (SSSR count). The second kappa shape index (κ2) is 9.45. The summed E-state index contributed by atoms with van der Waals surface area (Å²) in [6.07, 6.45) is 0. The third-order valence-electron chi connectivity index (χ3n) is 3.00. The Bertz CT molecular complexity index is 552. The van der Waals surface area contributed by atoms with Gasteiger partial charge in [0.1, 0.15) is 0 Å². The fourth-order valence-corrected chi connectivity index (χ4v) is 1.75. The molecule has 23 heavy (non-hydrogen) atoms. The van der Waals surface area contributed by atoms with Crippen molar-refractivity contribution in [2.24, 2.45) is 16.6 Å². The van der Waals surface area contributed by atoms with Crippen molar-refractivity contribution in [3.05, 3.63) is 35.4 Å². The van der Waals surface area contributed by atoms with Crippen LogP contribution in [0.4, 0.5) is 0 Å². The molecule has 0 aliphatic rings. The largest absolute Gasteiger partial charge is 0.368 e. The van der Waals surface area contributed by atoms with Crippen LogP contribution in [0.15, 0.2) is 29.3 Å². The van der Waals surface area contributed by atoms with Gasteiger partial charge in [-0.05, 0) is 23.6 Å². The number of carbonyl (C=O) groups excluding carboxylic acids is 2. The van der Waals surface area contributed by atoms with Crippen molar-refractivity contribution in [2.75, 3.05) is 20.1 Å². The van der Waals surface area contributed by atoms with Gasteiger partial charge in [-0.2, -0.15) is 0 Å². The van der Waals surface area contributed by atoms with Crippen molar-refractivity contribution in [1.29, 1.82) is 0 Å². The highest BCUT2D eigenvalue weighted by atomic mass is 16.2. The van der Waals surface area contributed by atoms with Crippen molar-refractivity contribution in [2.45, 2.75) is 20.4 Å². The first kappa shape index (κ1) is 18.5. The SMILES string of the molecule is CN=C(NCc1ccc(C(=O)NCC(N)=O)cc1)NCC(C)C. The summed E-state index contributed by atoms with van der Waals surface area (Å²) < 4.78 is 0. The molecule has 0 saturated heterocycles. The molecule has 0 aliphatic carbocycles. The van der Waals surface area contributed by atoms with Crippen molar-refractivity contribution in [3.63, 3.8) is 0 Å². The van der Waals surface area contributed by atoms with Crippen LogP contribution in [-0.4, -0.2) is 37.9 Å². The number of nitrogens with two attached hydrogens (primary N) is 1. The Morgan fingerprint density at radius 2 is 1.78 bits per heavy atom. The van der Waals surface area contributed by atoms with Crippen LogP contribution in [0.25, 0.3) is 0 Å². The molecule has 0 aromatic heterocycles. The predicted octanol–water partition coefficient (Wildman–Crippen LogP) is 0.223. The maximum absolute atomic E-state index is 11.8. The first-order valence-corrected chi connectivity index (χ1v) is 7.52. The minimum absolute atomic E-state index is 0.167. The van der Waals surface area contributed by atoms with Gasteiger partial charge in [-0.15, -0.1) is 0 Å². The van der Waals surface area contributed by atoms with E-state index in [9.17, 15) is 9.59 Å². The van der Waals surface area contributed by atoms with E-state index in [-0.39, 0.29) is 12.5 Å². The van der Waals surface area contributed by atoms with E-state index in [1.165, 1.54) is 0 Å². The summed E-state index contributed by atoms with van der Waals surface area (Å²) in [5, 5.41) is 8.88. The Morgan fingerprint density at radius 3 is 2.30 bits per heavy atom. The Balaban J connectivity index is 2.50. The zero-order chi connectivity index (χ0) is 17.2. The van der Waals surface area contributed by atoms with E-state index in [2.05, 4.69) is 34.8 Å². The number of guanidine groups is 1. The van der Waals surface area contributed by atoms with Crippen LogP contribution in [0.3, 0.4) is 0 Å². The number of nitrogens with one attached hydrogen (secondary N) is 3. The summed E-state index contributed by atoms with van der Waals surface area (Å²) in [4.78, 5) is 26.6. The monoisotopic (exact) mass is 319 g/mol. The average molecular weight is 319 g/mol. The smallest absolute Gasteiger partial charge is 0.251 e. The highest BCUT2D eigenvalue weighted by molar-refractivity contribution is 5.96. The highest BCUT2D eigenvalue weighted by Crippen LogP contribution is 2.04. The molecule has 0 aliphatic heterocycles. The summed E-state index contributed by atoms with van der Waals surface area (Å²) >= 11 is 0. The molecular weight excluding hydrogens is 294 g/mol. The minimum Gasteiger partial charge on any atom is -0.368 e. The zero-order valence-electron chi connectivity index (χ0n) is 13.8. The van der Waals surface area contributed by atoms with E-state index >= 15 is 0 Å². The van der Waals surface area contributed by atoms with Crippen LogP contribution in [0.1, 0.15) is 29.8 Å². The summed E-state index contributed by atoms with van der Waals surface area (Å²) in [5.41, 5.74) is 6.49. The topological polar surface area (TPSA) is 109 Å². The van der Waals surface area contributed by atoms with Gasteiger partial charge in [-0.1, -0.05) is 26.0 Å². The van der Waals surface area contributed by atoms with Crippen LogP contribution in [0.5, 0.6) is 0 Å². The fourth-order valence-electron chi connectivity index (χ4n) is 1.75. The van der Waals surface area contributed by atoms with E-state index < -0.39 is 5.91 Å². The van der Waals surface area contributed by atoms with Crippen molar-refractivity contribution in [3.8, 4) is 0 Å². The molecule has 2 amide bonds. The van der Waals surface area contributed by atoms with Crippen LogP contribution in [-0.2, 0) is 11.3 Å². The molecule has 126 valence electrons. The van der Waals surface area contributed by atoms with Gasteiger partial charge in [-0.3, -0.25) is 14.6 Å². The third-order valence-corrected chi connectivity index (χ3v) is 3.00. The second-order valence-electron chi connectivity index (χ2n) is 5.55. The lowest BCUT2D eigenvalue weighted by atomic mass is 10.1. The van der Waals surface area contributed by atoms with Crippen LogP contribution in [0.2, 0.25) is 0 Å². The average Bonchev–Trinajstić information content (AvgIpc) is 2.53. The molecule has 0 atom stereocenters. The second-order valence-corrected chi connectivity index (χ2v) is 5.55. The van der Waals surface area contributed by atoms with E-state index in [4.69, 9.17) is 5.73 Å². The first-order valence-electron chi connectivity index (χ1n) is 7.52. The number of rotatable bonds is 7. The maximum atomic E-state index is 11.8. The highest BCUT2D eigenvalue weighted by Gasteiger charge is 2.06. The molecule has 0 saturated carbocycles. The Kier molecular flexibility index (Phi) is 7.59.